The van der Waals surface area contributed by atoms with E-state index in [1.165, 1.54) is 0 Å². The lowest BCUT2D eigenvalue weighted by atomic mass is 9.97. The Morgan fingerprint density at radius 2 is 1.96 bits per heavy atom. The Morgan fingerprint density at radius 1 is 1.28 bits per heavy atom. The third kappa shape index (κ3) is 6.03. The molecule has 25 heavy (non-hydrogen) atoms. The van der Waals surface area contributed by atoms with Crippen molar-refractivity contribution in [3.8, 4) is 5.75 Å². The van der Waals surface area contributed by atoms with Gasteiger partial charge in [0.2, 0.25) is 0 Å². The largest absolute Gasteiger partial charge is 0.492 e. The molecule has 0 aliphatic heterocycles. The number of pyridine rings is 1. The fourth-order valence-electron chi connectivity index (χ4n) is 2.79. The molecule has 0 fully saturated rings. The summed E-state index contributed by atoms with van der Waals surface area (Å²) in [5, 5.41) is 9.78. The van der Waals surface area contributed by atoms with E-state index in [1.807, 2.05) is 6.92 Å². The number of anilines is 1. The van der Waals surface area contributed by atoms with Gasteiger partial charge in [-0.3, -0.25) is 0 Å². The fourth-order valence-corrected chi connectivity index (χ4v) is 2.79. The van der Waals surface area contributed by atoms with Gasteiger partial charge in [-0.05, 0) is 44.1 Å². The minimum absolute atomic E-state index is 0.0134. The number of nitrogens with zero attached hydrogens (tertiary/aromatic N) is 2. The minimum atomic E-state index is -0.0134. The number of aliphatic hydroxyl groups excluding tert-OH is 1. The van der Waals surface area contributed by atoms with Crippen LogP contribution in [0.25, 0.3) is 0 Å². The molecule has 0 aliphatic rings. The average Bonchev–Trinajstić information content (AvgIpc) is 2.58. The zero-order valence-electron chi connectivity index (χ0n) is 16.9. The standard InChI is InChI=1S/C21H36N2O2/c1-8-17(7)20-12-19(25-11-10-15(3)4)13-22-21(20)23(16(5)6)18(9-2)14-24/h12-13,15,17-18,24H,5,8-11,14H2,1-4,6-7H3. The maximum atomic E-state index is 9.78. The Kier molecular flexibility index (Phi) is 8.98. The number of allylic oxidation sites excluding steroid dienone is 1. The van der Waals surface area contributed by atoms with Gasteiger partial charge in [0.25, 0.3) is 0 Å². The molecule has 0 aliphatic carbocycles. The summed E-state index contributed by atoms with van der Waals surface area (Å²) in [6.07, 6.45) is 4.67. The Labute approximate surface area is 153 Å². The van der Waals surface area contributed by atoms with Crippen LogP contribution in [-0.2, 0) is 0 Å². The molecule has 1 aromatic heterocycles. The fraction of sp³-hybridized carbons (Fsp3) is 0.667. The molecular formula is C21H36N2O2. The van der Waals surface area contributed by atoms with Crippen molar-refractivity contribution in [3.05, 3.63) is 30.1 Å². The van der Waals surface area contributed by atoms with Crippen LogP contribution in [0.1, 0.15) is 72.3 Å². The van der Waals surface area contributed by atoms with Crippen LogP contribution in [0.2, 0.25) is 0 Å². The van der Waals surface area contributed by atoms with Crippen molar-refractivity contribution in [2.75, 3.05) is 18.1 Å². The van der Waals surface area contributed by atoms with Crippen LogP contribution in [0.15, 0.2) is 24.5 Å². The molecule has 0 amide bonds. The number of hydrogen-bond acceptors (Lipinski definition) is 4. The predicted molar refractivity (Wildman–Crippen MR) is 106 cm³/mol. The first-order valence-corrected chi connectivity index (χ1v) is 9.53. The summed E-state index contributed by atoms with van der Waals surface area (Å²) in [4.78, 5) is 6.78. The predicted octanol–water partition coefficient (Wildman–Crippen LogP) is 5.13. The molecular weight excluding hydrogens is 312 g/mol. The highest BCUT2D eigenvalue weighted by Gasteiger charge is 2.23. The lowest BCUT2D eigenvalue weighted by Crippen LogP contribution is -2.37. The summed E-state index contributed by atoms with van der Waals surface area (Å²) in [6.45, 7) is 17.7. The van der Waals surface area contributed by atoms with Gasteiger partial charge in [0.1, 0.15) is 11.6 Å². The van der Waals surface area contributed by atoms with Crippen molar-refractivity contribution < 1.29 is 9.84 Å². The zero-order chi connectivity index (χ0) is 19.0. The Balaban J connectivity index is 3.21. The normalized spacial score (nSPS) is 13.6. The molecule has 0 radical (unpaired) electrons. The van der Waals surface area contributed by atoms with Gasteiger partial charge in [-0.25, -0.2) is 4.98 Å². The molecule has 0 bridgehead atoms. The van der Waals surface area contributed by atoms with Crippen molar-refractivity contribution in [2.45, 2.75) is 72.8 Å². The number of hydrogen-bond donors (Lipinski definition) is 1. The summed E-state index contributed by atoms with van der Waals surface area (Å²) >= 11 is 0. The van der Waals surface area contributed by atoms with Crippen molar-refractivity contribution in [1.82, 2.24) is 4.98 Å². The number of rotatable bonds is 11. The van der Waals surface area contributed by atoms with E-state index in [2.05, 4.69) is 52.2 Å². The van der Waals surface area contributed by atoms with E-state index in [9.17, 15) is 5.11 Å². The summed E-state index contributed by atoms with van der Waals surface area (Å²) in [5.74, 6) is 2.68. The Bertz CT molecular complexity index is 539. The van der Waals surface area contributed by atoms with Crippen LogP contribution in [-0.4, -0.2) is 29.3 Å². The highest BCUT2D eigenvalue weighted by Crippen LogP contribution is 2.34. The van der Waals surface area contributed by atoms with Crippen molar-refractivity contribution in [1.29, 1.82) is 0 Å². The van der Waals surface area contributed by atoms with Crippen molar-refractivity contribution >= 4 is 5.82 Å². The Morgan fingerprint density at radius 3 is 2.44 bits per heavy atom. The van der Waals surface area contributed by atoms with Gasteiger partial charge < -0.3 is 14.7 Å². The maximum Gasteiger partial charge on any atom is 0.138 e. The molecule has 2 unspecified atom stereocenters. The molecule has 0 spiro atoms. The van der Waals surface area contributed by atoms with E-state index in [0.717, 1.165) is 42.1 Å². The molecule has 1 aromatic rings. The van der Waals surface area contributed by atoms with Crippen molar-refractivity contribution in [3.63, 3.8) is 0 Å². The molecule has 1 heterocycles. The van der Waals surface area contributed by atoms with Crippen LogP contribution in [0, 0.1) is 5.92 Å². The van der Waals surface area contributed by atoms with Crippen molar-refractivity contribution in [2.24, 2.45) is 5.92 Å². The first kappa shape index (κ1) is 21.5. The third-order valence-electron chi connectivity index (χ3n) is 4.66. The summed E-state index contributed by atoms with van der Waals surface area (Å²) < 4.78 is 5.91. The van der Waals surface area contributed by atoms with Gasteiger partial charge in [0.05, 0.1) is 25.5 Å². The van der Waals surface area contributed by atoms with Crippen LogP contribution < -0.4 is 9.64 Å². The first-order chi connectivity index (χ1) is 11.8. The molecule has 4 heteroatoms. The lowest BCUT2D eigenvalue weighted by molar-refractivity contribution is 0.259. The average molecular weight is 349 g/mol. The molecule has 1 rings (SSSR count). The van der Waals surface area contributed by atoms with Gasteiger partial charge in [0.15, 0.2) is 0 Å². The van der Waals surface area contributed by atoms with E-state index in [4.69, 9.17) is 9.72 Å². The van der Waals surface area contributed by atoms with Gasteiger partial charge >= 0.3 is 0 Å². The van der Waals surface area contributed by atoms with E-state index >= 15 is 0 Å². The summed E-state index contributed by atoms with van der Waals surface area (Å²) in [6, 6.07) is 2.09. The molecule has 4 nitrogen and oxygen atoms in total. The molecule has 1 N–H and O–H groups in total. The van der Waals surface area contributed by atoms with E-state index in [-0.39, 0.29) is 12.6 Å². The van der Waals surface area contributed by atoms with E-state index in [0.29, 0.717) is 18.4 Å². The maximum absolute atomic E-state index is 9.78. The quantitative estimate of drug-likeness (QED) is 0.602. The van der Waals surface area contributed by atoms with Gasteiger partial charge in [-0.15, -0.1) is 0 Å². The van der Waals surface area contributed by atoms with E-state index < -0.39 is 0 Å². The second-order valence-corrected chi connectivity index (χ2v) is 7.27. The highest BCUT2D eigenvalue weighted by molar-refractivity contribution is 5.55. The van der Waals surface area contributed by atoms with Crippen LogP contribution in [0.3, 0.4) is 0 Å². The van der Waals surface area contributed by atoms with Crippen LogP contribution >= 0.6 is 0 Å². The monoisotopic (exact) mass is 348 g/mol. The first-order valence-electron chi connectivity index (χ1n) is 9.53. The molecule has 142 valence electrons. The lowest BCUT2D eigenvalue weighted by Gasteiger charge is -2.33. The third-order valence-corrected chi connectivity index (χ3v) is 4.66. The summed E-state index contributed by atoms with van der Waals surface area (Å²) in [7, 11) is 0. The topological polar surface area (TPSA) is 45.6 Å². The van der Waals surface area contributed by atoms with E-state index in [1.54, 1.807) is 6.20 Å². The number of ether oxygens (including phenoxy) is 1. The zero-order valence-corrected chi connectivity index (χ0v) is 16.9. The molecule has 2 atom stereocenters. The van der Waals surface area contributed by atoms with Gasteiger partial charge in [-0.1, -0.05) is 41.2 Å². The minimum Gasteiger partial charge on any atom is -0.492 e. The SMILES string of the molecule is C=C(C)N(c1ncc(OCCC(C)C)cc1C(C)CC)C(CC)CO. The Hall–Kier alpha value is -1.55. The van der Waals surface area contributed by atoms with Crippen LogP contribution in [0.4, 0.5) is 5.82 Å². The highest BCUT2D eigenvalue weighted by atomic mass is 16.5. The molecule has 0 saturated heterocycles. The van der Waals surface area contributed by atoms with Gasteiger partial charge in [0, 0.05) is 11.3 Å². The van der Waals surface area contributed by atoms with Crippen LogP contribution in [0.5, 0.6) is 5.75 Å². The second-order valence-electron chi connectivity index (χ2n) is 7.27. The molecule has 0 saturated carbocycles. The van der Waals surface area contributed by atoms with Gasteiger partial charge in [-0.2, -0.15) is 0 Å². The number of aliphatic hydroxyl groups is 1. The second kappa shape index (κ2) is 10.4. The molecule has 0 aromatic carbocycles. The number of aromatic nitrogens is 1. The summed E-state index contributed by atoms with van der Waals surface area (Å²) in [5.41, 5.74) is 2.05. The smallest absolute Gasteiger partial charge is 0.138 e.